The number of nitrogens with two attached hydrogens (primary N) is 1. The van der Waals surface area contributed by atoms with Crippen LogP contribution in [0.2, 0.25) is 0 Å². The Morgan fingerprint density at radius 2 is 1.39 bits per heavy atom. The number of para-hydroxylation sites is 1. The van der Waals surface area contributed by atoms with Crippen molar-refractivity contribution in [2.75, 3.05) is 4.90 Å². The summed E-state index contributed by atoms with van der Waals surface area (Å²) in [6.07, 6.45) is 2.27. The van der Waals surface area contributed by atoms with Crippen LogP contribution in [0.4, 0.5) is 5.69 Å². The van der Waals surface area contributed by atoms with Gasteiger partial charge in [0.2, 0.25) is 23.6 Å². The van der Waals surface area contributed by atoms with Crippen LogP contribution in [0.1, 0.15) is 41.7 Å². The first-order chi connectivity index (χ1) is 23.1. The van der Waals surface area contributed by atoms with E-state index < -0.39 is 17.5 Å². The second-order valence-corrected chi connectivity index (χ2v) is 12.9. The first-order valence-electron chi connectivity index (χ1n) is 16.1. The van der Waals surface area contributed by atoms with Crippen LogP contribution in [-0.4, -0.2) is 45.1 Å². The quantitative estimate of drug-likeness (QED) is 0.186. The van der Waals surface area contributed by atoms with Crippen molar-refractivity contribution in [3.63, 3.8) is 0 Å². The number of aromatic nitrogens is 1. The fourth-order valence-corrected chi connectivity index (χ4v) is 6.09. The molecule has 1 aliphatic heterocycles. The zero-order valence-electron chi connectivity index (χ0n) is 27.5. The third-order valence-electron chi connectivity index (χ3n) is 8.66. The van der Waals surface area contributed by atoms with Crippen molar-refractivity contribution in [3.8, 4) is 0 Å². The minimum absolute atomic E-state index is 0. The van der Waals surface area contributed by atoms with Gasteiger partial charge in [-0.05, 0) is 59.9 Å². The number of nitrogens with one attached hydrogen (secondary N) is 2. The molecule has 2 heterocycles. The van der Waals surface area contributed by atoms with Gasteiger partial charge in [0, 0.05) is 36.6 Å². The van der Waals surface area contributed by atoms with Gasteiger partial charge in [-0.2, -0.15) is 0 Å². The highest BCUT2D eigenvalue weighted by Crippen LogP contribution is 2.30. The summed E-state index contributed by atoms with van der Waals surface area (Å²) in [5.74, 6) is -1.34. The van der Waals surface area contributed by atoms with Crippen molar-refractivity contribution in [2.24, 2.45) is 5.73 Å². The lowest BCUT2D eigenvalue weighted by molar-refractivity contribution is -0.138. The Bertz CT molecular complexity index is 1920. The Labute approximate surface area is 291 Å². The second kappa shape index (κ2) is 14.9. The van der Waals surface area contributed by atoms with E-state index in [1.807, 2.05) is 103 Å². The summed E-state index contributed by atoms with van der Waals surface area (Å²) in [7, 11) is 0. The molecular formula is C39H40ClN5O4. The molecule has 4 amide bonds. The fraction of sp³-hybridized carbons (Fsp3) is 0.231. The first-order valence-corrected chi connectivity index (χ1v) is 16.1. The van der Waals surface area contributed by atoms with Gasteiger partial charge in [-0.25, -0.2) is 4.90 Å². The number of benzene rings is 4. The highest BCUT2D eigenvalue weighted by atomic mass is 35.5. The van der Waals surface area contributed by atoms with Crippen LogP contribution in [0.15, 0.2) is 109 Å². The molecule has 0 saturated carbocycles. The number of H-pyrrole nitrogens is 1. The zero-order valence-corrected chi connectivity index (χ0v) is 28.3. The van der Waals surface area contributed by atoms with Crippen LogP contribution >= 0.6 is 12.4 Å². The molecule has 1 aromatic heterocycles. The third-order valence-corrected chi connectivity index (χ3v) is 8.66. The van der Waals surface area contributed by atoms with Gasteiger partial charge >= 0.3 is 0 Å². The molecule has 6 rings (SSSR count). The van der Waals surface area contributed by atoms with Gasteiger partial charge in [0.25, 0.3) is 0 Å². The summed E-state index contributed by atoms with van der Waals surface area (Å²) in [6, 6.07) is 31.1. The fourth-order valence-electron chi connectivity index (χ4n) is 6.09. The topological polar surface area (TPSA) is 129 Å². The van der Waals surface area contributed by atoms with Gasteiger partial charge in [0.1, 0.15) is 6.04 Å². The highest BCUT2D eigenvalue weighted by Gasteiger charge is 2.34. The Balaban J connectivity index is 0.00000468. The van der Waals surface area contributed by atoms with Gasteiger partial charge < -0.3 is 20.9 Å². The lowest BCUT2D eigenvalue weighted by atomic mass is 10.0. The summed E-state index contributed by atoms with van der Waals surface area (Å²) >= 11 is 0. The molecule has 5 aromatic rings. The number of anilines is 1. The molecule has 0 fully saturated rings. The van der Waals surface area contributed by atoms with Crippen molar-refractivity contribution in [3.05, 3.63) is 137 Å². The predicted molar refractivity (Wildman–Crippen MR) is 193 cm³/mol. The average molecular weight is 678 g/mol. The van der Waals surface area contributed by atoms with Crippen molar-refractivity contribution in [1.29, 1.82) is 0 Å². The van der Waals surface area contributed by atoms with Gasteiger partial charge in [0.15, 0.2) is 0 Å². The molecule has 4 N–H and O–H groups in total. The van der Waals surface area contributed by atoms with Crippen molar-refractivity contribution in [2.45, 2.75) is 57.8 Å². The van der Waals surface area contributed by atoms with E-state index in [0.717, 1.165) is 38.7 Å². The van der Waals surface area contributed by atoms with E-state index in [-0.39, 0.29) is 55.9 Å². The number of amides is 4. The minimum atomic E-state index is -1.18. The number of hydrogen-bond donors (Lipinski definition) is 3. The third kappa shape index (κ3) is 8.08. The van der Waals surface area contributed by atoms with Crippen LogP contribution in [0.25, 0.3) is 10.9 Å². The normalized spacial score (nSPS) is 12.9. The highest BCUT2D eigenvalue weighted by molar-refractivity contribution is 6.16. The number of carbonyl (C=O) groups excluding carboxylic acids is 4. The molecule has 1 atom stereocenters. The molecule has 0 radical (unpaired) electrons. The van der Waals surface area contributed by atoms with E-state index in [4.69, 9.17) is 5.73 Å². The molecule has 0 aliphatic carbocycles. The van der Waals surface area contributed by atoms with Crippen LogP contribution in [0.3, 0.4) is 0 Å². The SMILES string of the molecule is CC(C)(N)C(=O)N[C@H](Cc1c[nH]c2ccccc12)C(=O)N1Cc2ccc(N(C(=O)Cc3ccccc3)C(=O)Cc3ccccc3)cc2C1.Cl. The molecular weight excluding hydrogens is 638 g/mol. The molecule has 9 nitrogen and oxygen atoms in total. The van der Waals surface area contributed by atoms with Crippen LogP contribution in [-0.2, 0) is 51.5 Å². The number of hydrogen-bond acceptors (Lipinski definition) is 5. The van der Waals surface area contributed by atoms with E-state index >= 15 is 0 Å². The summed E-state index contributed by atoms with van der Waals surface area (Å²) in [4.78, 5) is 60.8. The van der Waals surface area contributed by atoms with E-state index in [1.54, 1.807) is 24.8 Å². The van der Waals surface area contributed by atoms with E-state index in [0.29, 0.717) is 12.2 Å². The molecule has 4 aromatic carbocycles. The summed E-state index contributed by atoms with van der Waals surface area (Å²) < 4.78 is 0. The van der Waals surface area contributed by atoms with Gasteiger partial charge in [0.05, 0.1) is 24.1 Å². The lowest BCUT2D eigenvalue weighted by Gasteiger charge is -2.27. The number of fused-ring (bicyclic) bond motifs is 2. The number of rotatable bonds is 10. The van der Waals surface area contributed by atoms with Crippen LogP contribution in [0, 0.1) is 0 Å². The smallest absolute Gasteiger partial charge is 0.246 e. The Morgan fingerprint density at radius 3 is 2.00 bits per heavy atom. The predicted octanol–water partition coefficient (Wildman–Crippen LogP) is 5.24. The standard InChI is InChI=1S/C39H39N5O4.ClH/c1-39(2,40)38(48)42-34(22-29-23-41-33-16-10-9-15-32(29)33)37(47)43-24-28-17-18-31(21-30(28)25-43)44(35(45)19-26-11-5-3-6-12-26)36(46)20-27-13-7-4-8-14-27;/h3-18,21,23,34,41H,19-20,22,24-25,40H2,1-2H3,(H,42,48);1H/t34-;/m1./s1. The number of imide groups is 1. The molecule has 0 unspecified atom stereocenters. The molecule has 1 aliphatic rings. The maximum atomic E-state index is 14.1. The lowest BCUT2D eigenvalue weighted by Crippen LogP contribution is -2.56. The number of halogens is 1. The molecule has 0 spiro atoms. The molecule has 10 heteroatoms. The number of carbonyl (C=O) groups is 4. The minimum Gasteiger partial charge on any atom is -0.361 e. The molecule has 49 heavy (non-hydrogen) atoms. The Hall–Kier alpha value is -5.25. The maximum Gasteiger partial charge on any atom is 0.246 e. The summed E-state index contributed by atoms with van der Waals surface area (Å²) in [5, 5.41) is 3.88. The van der Waals surface area contributed by atoms with Crippen LogP contribution < -0.4 is 16.0 Å². The zero-order chi connectivity index (χ0) is 33.8. The average Bonchev–Trinajstić information content (AvgIpc) is 3.69. The van der Waals surface area contributed by atoms with Crippen molar-refractivity contribution in [1.82, 2.24) is 15.2 Å². The van der Waals surface area contributed by atoms with Crippen molar-refractivity contribution < 1.29 is 19.2 Å². The Kier molecular flexibility index (Phi) is 10.7. The van der Waals surface area contributed by atoms with Gasteiger partial charge in [-0.1, -0.05) is 84.9 Å². The van der Waals surface area contributed by atoms with Crippen molar-refractivity contribution >= 4 is 52.6 Å². The maximum absolute atomic E-state index is 14.1. The van der Waals surface area contributed by atoms with E-state index in [2.05, 4.69) is 10.3 Å². The van der Waals surface area contributed by atoms with Crippen LogP contribution in [0.5, 0.6) is 0 Å². The van der Waals surface area contributed by atoms with E-state index in [9.17, 15) is 19.2 Å². The molecule has 0 bridgehead atoms. The van der Waals surface area contributed by atoms with E-state index in [1.165, 1.54) is 4.90 Å². The van der Waals surface area contributed by atoms with Gasteiger partial charge in [-0.15, -0.1) is 12.4 Å². The Morgan fingerprint density at radius 1 is 0.816 bits per heavy atom. The number of nitrogens with zero attached hydrogens (tertiary/aromatic N) is 2. The second-order valence-electron chi connectivity index (χ2n) is 12.9. The number of aromatic amines is 1. The largest absolute Gasteiger partial charge is 0.361 e. The molecule has 252 valence electrons. The van der Waals surface area contributed by atoms with Gasteiger partial charge in [-0.3, -0.25) is 19.2 Å². The summed E-state index contributed by atoms with van der Waals surface area (Å²) in [6.45, 7) is 3.80. The summed E-state index contributed by atoms with van der Waals surface area (Å²) in [5.41, 5.74) is 10.6. The molecule has 0 saturated heterocycles. The first kappa shape index (κ1) is 35.1. The monoisotopic (exact) mass is 677 g/mol.